The number of likely N-dealkylation sites (tertiary alicyclic amines) is 1. The molecule has 122 valence electrons. The molecule has 1 aliphatic rings. The summed E-state index contributed by atoms with van der Waals surface area (Å²) in [5.41, 5.74) is 0. The molecule has 3 amide bonds. The van der Waals surface area contributed by atoms with Crippen LogP contribution in [0.4, 0.5) is 4.79 Å². The zero-order valence-corrected chi connectivity index (χ0v) is 13.6. The minimum atomic E-state index is -0.392. The van der Waals surface area contributed by atoms with Gasteiger partial charge in [-0.05, 0) is 38.3 Å². The molecular formula is C15H30N4O2. The third kappa shape index (κ3) is 8.02. The van der Waals surface area contributed by atoms with Gasteiger partial charge in [-0.25, -0.2) is 4.79 Å². The summed E-state index contributed by atoms with van der Waals surface area (Å²) in [6, 6.07) is 0.0998. The fourth-order valence-electron chi connectivity index (χ4n) is 2.52. The molecule has 0 saturated carbocycles. The van der Waals surface area contributed by atoms with Crippen LogP contribution in [0, 0.1) is 5.92 Å². The molecule has 1 rings (SSSR count). The molecular weight excluding hydrogens is 268 g/mol. The fraction of sp³-hybridized carbons (Fsp3) is 0.867. The molecule has 0 aromatic heterocycles. The quantitative estimate of drug-likeness (QED) is 0.654. The summed E-state index contributed by atoms with van der Waals surface area (Å²) in [5, 5.41) is 8.48. The first-order chi connectivity index (χ1) is 10.0. The van der Waals surface area contributed by atoms with Crippen LogP contribution in [-0.4, -0.2) is 55.6 Å². The molecule has 1 unspecified atom stereocenters. The highest BCUT2D eigenvalue weighted by Gasteiger charge is 2.22. The number of piperidine rings is 1. The number of rotatable bonds is 7. The van der Waals surface area contributed by atoms with Crippen molar-refractivity contribution in [3.05, 3.63) is 0 Å². The lowest BCUT2D eigenvalue weighted by molar-refractivity contribution is -0.121. The molecule has 6 heteroatoms. The lowest BCUT2D eigenvalue weighted by Crippen LogP contribution is -2.48. The number of carbonyl (C=O) groups is 2. The fourth-order valence-corrected chi connectivity index (χ4v) is 2.52. The Morgan fingerprint density at radius 3 is 2.76 bits per heavy atom. The zero-order valence-electron chi connectivity index (χ0n) is 13.6. The summed E-state index contributed by atoms with van der Waals surface area (Å²) < 4.78 is 0. The van der Waals surface area contributed by atoms with Crippen molar-refractivity contribution >= 4 is 11.9 Å². The van der Waals surface area contributed by atoms with E-state index in [-0.39, 0.29) is 5.91 Å². The molecule has 0 aliphatic carbocycles. The van der Waals surface area contributed by atoms with Gasteiger partial charge in [-0.2, -0.15) is 0 Å². The van der Waals surface area contributed by atoms with E-state index in [1.54, 1.807) is 0 Å². The van der Waals surface area contributed by atoms with Gasteiger partial charge in [-0.3, -0.25) is 15.0 Å². The van der Waals surface area contributed by atoms with E-state index in [4.69, 9.17) is 0 Å². The molecule has 6 nitrogen and oxygen atoms in total. The minimum Gasteiger partial charge on any atom is -0.338 e. The Bertz CT molecular complexity index is 334. The largest absolute Gasteiger partial charge is 0.338 e. The SMILES string of the molecule is CCCNC(=O)NC(=O)CN1CCCC(CNC(C)C)C1. The summed E-state index contributed by atoms with van der Waals surface area (Å²) in [6.07, 6.45) is 3.17. The van der Waals surface area contributed by atoms with Crippen LogP contribution < -0.4 is 16.0 Å². The van der Waals surface area contributed by atoms with Crippen LogP contribution in [0.25, 0.3) is 0 Å². The van der Waals surface area contributed by atoms with Crippen molar-refractivity contribution in [1.82, 2.24) is 20.9 Å². The van der Waals surface area contributed by atoms with Crippen LogP contribution >= 0.6 is 0 Å². The molecule has 0 spiro atoms. The number of hydrogen-bond donors (Lipinski definition) is 3. The van der Waals surface area contributed by atoms with Crippen LogP contribution in [-0.2, 0) is 4.79 Å². The second-order valence-electron chi connectivity index (χ2n) is 6.11. The van der Waals surface area contributed by atoms with E-state index in [2.05, 4.69) is 34.7 Å². The second-order valence-corrected chi connectivity index (χ2v) is 6.11. The molecule has 1 fully saturated rings. The van der Waals surface area contributed by atoms with E-state index >= 15 is 0 Å². The standard InChI is InChI=1S/C15H30N4O2/c1-4-7-16-15(21)18-14(20)11-19-8-5-6-13(10-19)9-17-12(2)3/h12-13,17H,4-11H2,1-3H3,(H2,16,18,20,21). The normalized spacial score (nSPS) is 19.5. The van der Waals surface area contributed by atoms with Gasteiger partial charge in [0.15, 0.2) is 0 Å². The number of nitrogens with one attached hydrogen (secondary N) is 3. The van der Waals surface area contributed by atoms with E-state index in [9.17, 15) is 9.59 Å². The smallest absolute Gasteiger partial charge is 0.321 e. The van der Waals surface area contributed by atoms with Crippen LogP contribution in [0.5, 0.6) is 0 Å². The summed E-state index contributed by atoms with van der Waals surface area (Å²) in [5.74, 6) is 0.365. The molecule has 0 aromatic rings. The van der Waals surface area contributed by atoms with Gasteiger partial charge in [0, 0.05) is 19.1 Å². The summed E-state index contributed by atoms with van der Waals surface area (Å²) in [6.45, 7) is 10.00. The predicted molar refractivity (Wildman–Crippen MR) is 84.1 cm³/mol. The molecule has 0 aromatic carbocycles. The van der Waals surface area contributed by atoms with Gasteiger partial charge in [-0.15, -0.1) is 0 Å². The molecule has 0 radical (unpaired) electrons. The van der Waals surface area contributed by atoms with Crippen LogP contribution in [0.2, 0.25) is 0 Å². The van der Waals surface area contributed by atoms with Gasteiger partial charge in [0.2, 0.25) is 5.91 Å². The number of carbonyl (C=O) groups excluding carboxylic acids is 2. The Kier molecular flexibility index (Phi) is 8.30. The molecule has 0 bridgehead atoms. The van der Waals surface area contributed by atoms with E-state index < -0.39 is 6.03 Å². The first-order valence-electron chi connectivity index (χ1n) is 8.04. The maximum Gasteiger partial charge on any atom is 0.321 e. The first-order valence-corrected chi connectivity index (χ1v) is 8.04. The van der Waals surface area contributed by atoms with Crippen LogP contribution in [0.3, 0.4) is 0 Å². The average Bonchev–Trinajstić information content (AvgIpc) is 2.43. The predicted octanol–water partition coefficient (Wildman–Crippen LogP) is 0.932. The molecule has 1 saturated heterocycles. The van der Waals surface area contributed by atoms with Crippen molar-refractivity contribution in [2.24, 2.45) is 5.92 Å². The van der Waals surface area contributed by atoms with Gasteiger partial charge >= 0.3 is 6.03 Å². The zero-order chi connectivity index (χ0) is 15.7. The lowest BCUT2D eigenvalue weighted by Gasteiger charge is -2.32. The van der Waals surface area contributed by atoms with Crippen molar-refractivity contribution < 1.29 is 9.59 Å². The Balaban J connectivity index is 2.26. The van der Waals surface area contributed by atoms with Crippen LogP contribution in [0.15, 0.2) is 0 Å². The van der Waals surface area contributed by atoms with Gasteiger partial charge in [-0.1, -0.05) is 20.8 Å². The first kappa shape index (κ1) is 17.9. The Morgan fingerprint density at radius 1 is 1.33 bits per heavy atom. The maximum absolute atomic E-state index is 11.8. The maximum atomic E-state index is 11.8. The van der Waals surface area contributed by atoms with Crippen molar-refractivity contribution in [2.45, 2.75) is 46.1 Å². The van der Waals surface area contributed by atoms with E-state index in [1.807, 2.05) is 6.92 Å². The Hall–Kier alpha value is -1.14. The lowest BCUT2D eigenvalue weighted by atomic mass is 9.98. The number of amides is 3. The number of hydrogen-bond acceptors (Lipinski definition) is 4. The van der Waals surface area contributed by atoms with Crippen LogP contribution in [0.1, 0.15) is 40.0 Å². The molecule has 1 heterocycles. The van der Waals surface area contributed by atoms with Gasteiger partial charge in [0.05, 0.1) is 6.54 Å². The molecule has 1 atom stereocenters. The highest BCUT2D eigenvalue weighted by atomic mass is 16.2. The summed E-state index contributed by atoms with van der Waals surface area (Å²) >= 11 is 0. The third-order valence-corrected chi connectivity index (χ3v) is 3.57. The summed E-state index contributed by atoms with van der Waals surface area (Å²) in [7, 11) is 0. The van der Waals surface area contributed by atoms with Crippen molar-refractivity contribution in [3.8, 4) is 0 Å². The van der Waals surface area contributed by atoms with Crippen molar-refractivity contribution in [2.75, 3.05) is 32.7 Å². The Labute approximate surface area is 128 Å². The topological polar surface area (TPSA) is 73.5 Å². The van der Waals surface area contributed by atoms with Crippen molar-refractivity contribution in [3.63, 3.8) is 0 Å². The van der Waals surface area contributed by atoms with Gasteiger partial charge in [0.25, 0.3) is 0 Å². The van der Waals surface area contributed by atoms with Crippen molar-refractivity contribution in [1.29, 1.82) is 0 Å². The minimum absolute atomic E-state index is 0.221. The Morgan fingerprint density at radius 2 is 2.10 bits per heavy atom. The number of urea groups is 1. The third-order valence-electron chi connectivity index (χ3n) is 3.57. The average molecular weight is 298 g/mol. The van der Waals surface area contributed by atoms with E-state index in [1.165, 1.54) is 6.42 Å². The van der Waals surface area contributed by atoms with Gasteiger partial charge < -0.3 is 10.6 Å². The molecule has 21 heavy (non-hydrogen) atoms. The second kappa shape index (κ2) is 9.73. The summed E-state index contributed by atoms with van der Waals surface area (Å²) in [4.78, 5) is 25.4. The molecule has 1 aliphatic heterocycles. The van der Waals surface area contributed by atoms with Gasteiger partial charge in [0.1, 0.15) is 0 Å². The monoisotopic (exact) mass is 298 g/mol. The number of imide groups is 1. The van der Waals surface area contributed by atoms with E-state index in [0.717, 1.165) is 32.5 Å². The molecule has 3 N–H and O–H groups in total. The van der Waals surface area contributed by atoms with E-state index in [0.29, 0.717) is 25.0 Å². The number of nitrogens with zero attached hydrogens (tertiary/aromatic N) is 1. The highest BCUT2D eigenvalue weighted by Crippen LogP contribution is 2.15. The highest BCUT2D eigenvalue weighted by molar-refractivity contribution is 5.95.